The molecule has 0 aromatic heterocycles. The van der Waals surface area contributed by atoms with Crippen LogP contribution in [0, 0.1) is 5.92 Å². The van der Waals surface area contributed by atoms with Crippen LogP contribution in [-0.4, -0.2) is 29.9 Å². The lowest BCUT2D eigenvalue weighted by Crippen LogP contribution is -2.61. The molecule has 1 aliphatic carbocycles. The predicted molar refractivity (Wildman–Crippen MR) is 68.7 cm³/mol. The fourth-order valence-electron chi connectivity index (χ4n) is 3.10. The Balaban J connectivity index is 2.01. The molecule has 0 spiro atoms. The topological polar surface area (TPSA) is 84.2 Å². The van der Waals surface area contributed by atoms with Crippen molar-refractivity contribution in [3.05, 3.63) is 0 Å². The first kappa shape index (κ1) is 13.3. The smallest absolute Gasteiger partial charge is 0.243 e. The minimum absolute atomic E-state index is 0.0337. The number of amides is 2. The number of nitrogens with one attached hydrogen (secondary N) is 2. The van der Waals surface area contributed by atoms with Gasteiger partial charge in [-0.05, 0) is 25.2 Å². The lowest BCUT2D eigenvalue weighted by Gasteiger charge is -2.43. The van der Waals surface area contributed by atoms with Crippen molar-refractivity contribution in [1.29, 1.82) is 0 Å². The van der Waals surface area contributed by atoms with E-state index in [1.165, 1.54) is 6.42 Å². The number of carbonyl (C=O) groups excluding carboxylic acids is 2. The molecule has 2 aliphatic rings. The average molecular weight is 253 g/mol. The minimum Gasteiger partial charge on any atom is -0.347 e. The molecular formula is C13H23N3O2. The summed E-state index contributed by atoms with van der Waals surface area (Å²) in [4.78, 5) is 23.3. The predicted octanol–water partition coefficient (Wildman–Crippen LogP) is 0.289. The first-order valence-corrected chi connectivity index (χ1v) is 6.89. The largest absolute Gasteiger partial charge is 0.347 e. The van der Waals surface area contributed by atoms with Gasteiger partial charge in [-0.15, -0.1) is 0 Å². The van der Waals surface area contributed by atoms with Crippen molar-refractivity contribution in [3.8, 4) is 0 Å². The number of rotatable bonds is 3. The van der Waals surface area contributed by atoms with Gasteiger partial charge < -0.3 is 16.4 Å². The van der Waals surface area contributed by atoms with Gasteiger partial charge in [0.25, 0.3) is 0 Å². The molecule has 5 heteroatoms. The Morgan fingerprint density at radius 3 is 2.83 bits per heavy atom. The van der Waals surface area contributed by atoms with Crippen LogP contribution in [0.2, 0.25) is 0 Å². The van der Waals surface area contributed by atoms with E-state index in [4.69, 9.17) is 5.73 Å². The maximum absolute atomic E-state index is 12.2. The summed E-state index contributed by atoms with van der Waals surface area (Å²) >= 11 is 0. The van der Waals surface area contributed by atoms with E-state index >= 15 is 0 Å². The summed E-state index contributed by atoms with van der Waals surface area (Å²) in [5.41, 5.74) is 5.63. The zero-order chi connectivity index (χ0) is 13.2. The van der Waals surface area contributed by atoms with Crippen molar-refractivity contribution < 1.29 is 9.59 Å². The summed E-state index contributed by atoms with van der Waals surface area (Å²) in [6.45, 7) is 2.63. The Bertz CT molecular complexity index is 345. The lowest BCUT2D eigenvalue weighted by molar-refractivity contribution is -0.128. The summed E-state index contributed by atoms with van der Waals surface area (Å²) in [6, 6.07) is -0.366. The summed E-state index contributed by atoms with van der Waals surface area (Å²) in [5.74, 6) is 0.297. The molecule has 1 saturated heterocycles. The molecule has 2 fully saturated rings. The van der Waals surface area contributed by atoms with Crippen LogP contribution in [0.5, 0.6) is 0 Å². The highest BCUT2D eigenvalue weighted by atomic mass is 16.2. The van der Waals surface area contributed by atoms with Gasteiger partial charge in [0.1, 0.15) is 6.04 Å². The van der Waals surface area contributed by atoms with Crippen LogP contribution in [0.3, 0.4) is 0 Å². The van der Waals surface area contributed by atoms with Crippen LogP contribution in [-0.2, 0) is 9.59 Å². The Morgan fingerprint density at radius 2 is 2.28 bits per heavy atom. The maximum atomic E-state index is 12.2. The van der Waals surface area contributed by atoms with E-state index in [1.807, 2.05) is 0 Å². The fraction of sp³-hybridized carbons (Fsp3) is 0.846. The van der Waals surface area contributed by atoms with Crippen molar-refractivity contribution in [3.63, 3.8) is 0 Å². The van der Waals surface area contributed by atoms with Gasteiger partial charge in [-0.1, -0.05) is 19.8 Å². The van der Waals surface area contributed by atoms with Crippen LogP contribution in [0.15, 0.2) is 0 Å². The quantitative estimate of drug-likeness (QED) is 0.676. The third-order valence-corrected chi connectivity index (χ3v) is 4.50. The SMILES string of the molecule is CC1CCCCC1(CN)NC(=O)[C@H]1CCC(=O)N1. The van der Waals surface area contributed by atoms with E-state index in [0.717, 1.165) is 19.3 Å². The third kappa shape index (κ3) is 2.51. The Morgan fingerprint density at radius 1 is 1.50 bits per heavy atom. The monoisotopic (exact) mass is 253 g/mol. The molecule has 0 aromatic rings. The Hall–Kier alpha value is -1.10. The van der Waals surface area contributed by atoms with Crippen molar-refractivity contribution >= 4 is 11.8 Å². The summed E-state index contributed by atoms with van der Waals surface area (Å²) in [6.07, 6.45) is 5.41. The average Bonchev–Trinajstić information content (AvgIpc) is 2.79. The van der Waals surface area contributed by atoms with Gasteiger partial charge >= 0.3 is 0 Å². The molecule has 1 heterocycles. The molecule has 0 bridgehead atoms. The summed E-state index contributed by atoms with van der Waals surface area (Å²) in [5, 5.41) is 5.82. The second-order valence-corrected chi connectivity index (χ2v) is 5.66. The van der Waals surface area contributed by atoms with Crippen molar-refractivity contribution in [2.24, 2.45) is 11.7 Å². The molecule has 0 radical (unpaired) electrons. The van der Waals surface area contributed by atoms with Crippen LogP contribution < -0.4 is 16.4 Å². The van der Waals surface area contributed by atoms with Crippen molar-refractivity contribution in [2.45, 2.75) is 57.0 Å². The number of nitrogens with two attached hydrogens (primary N) is 1. The van der Waals surface area contributed by atoms with E-state index < -0.39 is 0 Å². The molecule has 4 N–H and O–H groups in total. The number of carbonyl (C=O) groups is 2. The standard InChI is InChI=1S/C13H23N3O2/c1-9-4-2-3-7-13(9,8-14)16-12(18)10-5-6-11(17)15-10/h9-10H,2-8,14H2,1H3,(H,15,17)(H,16,18)/t9?,10-,13?/m1/s1. The van der Waals surface area contributed by atoms with Gasteiger partial charge in [-0.3, -0.25) is 9.59 Å². The van der Waals surface area contributed by atoms with Crippen LogP contribution in [0.25, 0.3) is 0 Å². The number of hydrogen-bond donors (Lipinski definition) is 3. The Labute approximate surface area is 108 Å². The summed E-state index contributed by atoms with van der Waals surface area (Å²) in [7, 11) is 0. The molecule has 0 aromatic carbocycles. The molecule has 5 nitrogen and oxygen atoms in total. The first-order chi connectivity index (χ1) is 8.57. The van der Waals surface area contributed by atoms with Crippen LogP contribution >= 0.6 is 0 Å². The van der Waals surface area contributed by atoms with E-state index in [0.29, 0.717) is 25.3 Å². The second kappa shape index (κ2) is 5.26. The molecule has 3 atom stereocenters. The molecule has 2 rings (SSSR count). The van der Waals surface area contributed by atoms with Gasteiger partial charge in [0.2, 0.25) is 11.8 Å². The van der Waals surface area contributed by atoms with Crippen molar-refractivity contribution in [1.82, 2.24) is 10.6 Å². The van der Waals surface area contributed by atoms with E-state index in [2.05, 4.69) is 17.6 Å². The van der Waals surface area contributed by atoms with Gasteiger partial charge in [-0.2, -0.15) is 0 Å². The first-order valence-electron chi connectivity index (χ1n) is 6.89. The van der Waals surface area contributed by atoms with E-state index in [9.17, 15) is 9.59 Å². The molecule has 102 valence electrons. The highest BCUT2D eigenvalue weighted by molar-refractivity contribution is 5.91. The van der Waals surface area contributed by atoms with Gasteiger partial charge in [0.05, 0.1) is 5.54 Å². The third-order valence-electron chi connectivity index (χ3n) is 4.50. The van der Waals surface area contributed by atoms with Crippen LogP contribution in [0.4, 0.5) is 0 Å². The molecule has 1 saturated carbocycles. The Kier molecular flexibility index (Phi) is 3.90. The zero-order valence-corrected chi connectivity index (χ0v) is 11.0. The molecule has 1 aliphatic heterocycles. The molecule has 2 amide bonds. The van der Waals surface area contributed by atoms with Gasteiger partial charge in [0, 0.05) is 13.0 Å². The maximum Gasteiger partial charge on any atom is 0.243 e. The zero-order valence-electron chi connectivity index (χ0n) is 11.0. The highest BCUT2D eigenvalue weighted by Crippen LogP contribution is 2.33. The normalized spacial score (nSPS) is 36.2. The van der Waals surface area contributed by atoms with E-state index in [-0.39, 0.29) is 23.4 Å². The molecule has 18 heavy (non-hydrogen) atoms. The van der Waals surface area contributed by atoms with Crippen molar-refractivity contribution in [2.75, 3.05) is 6.54 Å². The second-order valence-electron chi connectivity index (χ2n) is 5.66. The highest BCUT2D eigenvalue weighted by Gasteiger charge is 2.40. The van der Waals surface area contributed by atoms with Crippen LogP contribution in [0.1, 0.15) is 45.4 Å². The molecule has 2 unspecified atom stereocenters. The molecular weight excluding hydrogens is 230 g/mol. The summed E-state index contributed by atoms with van der Waals surface area (Å²) < 4.78 is 0. The van der Waals surface area contributed by atoms with E-state index in [1.54, 1.807) is 0 Å². The number of hydrogen-bond acceptors (Lipinski definition) is 3. The minimum atomic E-state index is -0.366. The van der Waals surface area contributed by atoms with Gasteiger partial charge in [-0.25, -0.2) is 0 Å². The van der Waals surface area contributed by atoms with Gasteiger partial charge in [0.15, 0.2) is 0 Å². The fourth-order valence-corrected chi connectivity index (χ4v) is 3.10. The lowest BCUT2D eigenvalue weighted by atomic mass is 9.73.